The van der Waals surface area contributed by atoms with Crippen LogP contribution in [0.4, 0.5) is 5.69 Å². The van der Waals surface area contributed by atoms with E-state index >= 15 is 0 Å². The number of hydrogen-bond donors (Lipinski definition) is 1. The van der Waals surface area contributed by atoms with Gasteiger partial charge in [-0.05, 0) is 60.4 Å². The highest BCUT2D eigenvalue weighted by atomic mass is 35.5. The Balaban J connectivity index is 1.58. The highest BCUT2D eigenvalue weighted by Gasteiger charge is 2.25. The van der Waals surface area contributed by atoms with Gasteiger partial charge in [0.1, 0.15) is 12.4 Å². The molecule has 0 fully saturated rings. The van der Waals surface area contributed by atoms with Crippen LogP contribution in [0.25, 0.3) is 16.8 Å². The molecule has 0 saturated carbocycles. The number of benzene rings is 2. The summed E-state index contributed by atoms with van der Waals surface area (Å²) < 4.78 is 7.58. The van der Waals surface area contributed by atoms with Crippen molar-refractivity contribution < 1.29 is 9.53 Å². The molecular weight excluding hydrogens is 471 g/mol. The Morgan fingerprint density at radius 1 is 1.12 bits per heavy atom. The molecule has 0 atom stereocenters. The van der Waals surface area contributed by atoms with Gasteiger partial charge in [0, 0.05) is 15.6 Å². The molecule has 174 valence electrons. The Hall–Kier alpha value is -3.22. The fourth-order valence-electron chi connectivity index (χ4n) is 4.55. The molecular formula is C26H24Cl2N4O2. The van der Waals surface area contributed by atoms with Crippen molar-refractivity contribution in [2.75, 3.05) is 18.2 Å². The molecule has 8 heteroatoms. The number of nitrogens with zero attached hydrogens (tertiary/aromatic N) is 3. The van der Waals surface area contributed by atoms with Crippen molar-refractivity contribution in [1.82, 2.24) is 15.0 Å². The first-order valence-corrected chi connectivity index (χ1v) is 11.9. The van der Waals surface area contributed by atoms with E-state index in [0.717, 1.165) is 39.3 Å². The molecule has 0 saturated heterocycles. The van der Waals surface area contributed by atoms with Crippen LogP contribution in [-0.4, -0.2) is 28.7 Å². The SMILES string of the molecule is Cc1cc2c(C(C)C)c(C(=O)NN3CCOc4ccccc43)cnn2c1-c1cc(Cl)cc(Cl)c1. The molecule has 2 aromatic heterocycles. The minimum absolute atomic E-state index is 0.0910. The molecule has 0 aliphatic carbocycles. The number of aromatic nitrogens is 2. The maximum Gasteiger partial charge on any atom is 0.271 e. The molecule has 0 bridgehead atoms. The fourth-order valence-corrected chi connectivity index (χ4v) is 5.08. The zero-order valence-corrected chi connectivity index (χ0v) is 20.6. The first-order chi connectivity index (χ1) is 16.3. The molecule has 4 aromatic rings. The smallest absolute Gasteiger partial charge is 0.271 e. The second-order valence-corrected chi connectivity index (χ2v) is 9.54. The normalized spacial score (nSPS) is 13.2. The fraction of sp³-hybridized carbons (Fsp3) is 0.231. The number of fused-ring (bicyclic) bond motifs is 2. The molecule has 1 N–H and O–H groups in total. The van der Waals surface area contributed by atoms with Gasteiger partial charge >= 0.3 is 0 Å². The number of carbonyl (C=O) groups excluding carboxylic acids is 1. The summed E-state index contributed by atoms with van der Waals surface area (Å²) in [6.07, 6.45) is 1.64. The van der Waals surface area contributed by atoms with Crippen molar-refractivity contribution in [2.45, 2.75) is 26.7 Å². The van der Waals surface area contributed by atoms with Gasteiger partial charge in [-0.15, -0.1) is 0 Å². The van der Waals surface area contributed by atoms with E-state index in [4.69, 9.17) is 27.9 Å². The maximum absolute atomic E-state index is 13.5. The summed E-state index contributed by atoms with van der Waals surface area (Å²) in [5.41, 5.74) is 9.03. The molecule has 1 aliphatic heterocycles. The summed E-state index contributed by atoms with van der Waals surface area (Å²) in [6, 6.07) is 15.2. The van der Waals surface area contributed by atoms with E-state index in [1.165, 1.54) is 0 Å². The van der Waals surface area contributed by atoms with Gasteiger partial charge in [-0.2, -0.15) is 5.10 Å². The van der Waals surface area contributed by atoms with Crippen LogP contribution in [0, 0.1) is 6.92 Å². The largest absolute Gasteiger partial charge is 0.489 e. The number of aryl methyl sites for hydroxylation is 1. The quantitative estimate of drug-likeness (QED) is 0.362. The van der Waals surface area contributed by atoms with E-state index < -0.39 is 0 Å². The predicted octanol–water partition coefficient (Wildman–Crippen LogP) is 6.28. The Labute approximate surface area is 208 Å². The van der Waals surface area contributed by atoms with E-state index in [9.17, 15) is 4.79 Å². The lowest BCUT2D eigenvalue weighted by molar-refractivity contribution is 0.0943. The van der Waals surface area contributed by atoms with Crippen molar-refractivity contribution in [3.05, 3.63) is 81.5 Å². The summed E-state index contributed by atoms with van der Waals surface area (Å²) in [5.74, 6) is 0.633. The zero-order chi connectivity index (χ0) is 24.0. The standard InChI is InChI=1S/C26H24Cl2N4O2/c1-15(2)24-20(26(33)30-31-8-9-34-23-7-5-4-6-21(23)31)14-29-32-22(24)10-16(3)25(32)17-11-18(27)13-19(28)12-17/h4-7,10-15H,8-9H2,1-3H3,(H,30,33). The monoisotopic (exact) mass is 494 g/mol. The molecule has 1 aliphatic rings. The number of ether oxygens (including phenoxy) is 1. The van der Waals surface area contributed by atoms with Crippen LogP contribution >= 0.6 is 23.2 Å². The van der Waals surface area contributed by atoms with E-state index in [1.54, 1.807) is 12.3 Å². The van der Waals surface area contributed by atoms with E-state index in [1.807, 2.05) is 52.8 Å². The third kappa shape index (κ3) is 3.97. The molecule has 0 spiro atoms. The van der Waals surface area contributed by atoms with E-state index in [2.05, 4.69) is 30.4 Å². The Morgan fingerprint density at radius 3 is 2.59 bits per heavy atom. The third-order valence-corrected chi connectivity index (χ3v) is 6.39. The third-order valence-electron chi connectivity index (χ3n) is 5.96. The topological polar surface area (TPSA) is 58.9 Å². The summed E-state index contributed by atoms with van der Waals surface area (Å²) in [5, 5.41) is 7.61. The first-order valence-electron chi connectivity index (χ1n) is 11.1. The molecule has 6 nitrogen and oxygen atoms in total. The highest BCUT2D eigenvalue weighted by Crippen LogP contribution is 2.35. The van der Waals surface area contributed by atoms with Gasteiger partial charge in [0.05, 0.1) is 35.2 Å². The van der Waals surface area contributed by atoms with Crippen molar-refractivity contribution in [1.29, 1.82) is 0 Å². The van der Waals surface area contributed by atoms with Gasteiger partial charge in [-0.25, -0.2) is 4.52 Å². The van der Waals surface area contributed by atoms with Crippen LogP contribution in [0.5, 0.6) is 5.75 Å². The lowest BCUT2D eigenvalue weighted by atomic mass is 9.98. The summed E-state index contributed by atoms with van der Waals surface area (Å²) >= 11 is 12.5. The van der Waals surface area contributed by atoms with Gasteiger partial charge in [-0.1, -0.05) is 49.2 Å². The number of hydrazine groups is 1. The first kappa shape index (κ1) is 22.6. The zero-order valence-electron chi connectivity index (χ0n) is 19.1. The average Bonchev–Trinajstić information content (AvgIpc) is 3.13. The number of nitrogens with one attached hydrogen (secondary N) is 1. The van der Waals surface area contributed by atoms with Crippen molar-refractivity contribution in [3.8, 4) is 17.0 Å². The summed E-state index contributed by atoms with van der Waals surface area (Å²) in [4.78, 5) is 13.5. The van der Waals surface area contributed by atoms with Crippen LogP contribution in [0.1, 0.15) is 41.3 Å². The van der Waals surface area contributed by atoms with Gasteiger partial charge in [0.15, 0.2) is 0 Å². The summed E-state index contributed by atoms with van der Waals surface area (Å²) in [7, 11) is 0. The number of rotatable bonds is 4. The molecule has 34 heavy (non-hydrogen) atoms. The van der Waals surface area contributed by atoms with Gasteiger partial charge in [-0.3, -0.25) is 15.2 Å². The predicted molar refractivity (Wildman–Crippen MR) is 136 cm³/mol. The number of para-hydroxylation sites is 2. The van der Waals surface area contributed by atoms with Crippen LogP contribution in [-0.2, 0) is 0 Å². The number of amides is 1. The minimum atomic E-state index is -0.207. The Morgan fingerprint density at radius 2 is 1.85 bits per heavy atom. The van der Waals surface area contributed by atoms with Crippen LogP contribution in [0.2, 0.25) is 10.0 Å². The van der Waals surface area contributed by atoms with Gasteiger partial charge in [0.25, 0.3) is 5.91 Å². The second kappa shape index (κ2) is 8.85. The summed E-state index contributed by atoms with van der Waals surface area (Å²) in [6.45, 7) is 7.23. The minimum Gasteiger partial charge on any atom is -0.489 e. The molecule has 3 heterocycles. The number of halogens is 2. The highest BCUT2D eigenvalue weighted by molar-refractivity contribution is 6.35. The molecule has 2 aromatic carbocycles. The van der Waals surface area contributed by atoms with Gasteiger partial charge < -0.3 is 4.74 Å². The Bertz CT molecular complexity index is 1390. The second-order valence-electron chi connectivity index (χ2n) is 8.67. The lowest BCUT2D eigenvalue weighted by Gasteiger charge is -2.31. The molecule has 0 radical (unpaired) electrons. The van der Waals surface area contributed by atoms with E-state index in [0.29, 0.717) is 28.8 Å². The number of hydrogen-bond acceptors (Lipinski definition) is 4. The van der Waals surface area contributed by atoms with Crippen LogP contribution in [0.15, 0.2) is 54.7 Å². The molecule has 1 amide bonds. The maximum atomic E-state index is 13.5. The number of anilines is 1. The average molecular weight is 495 g/mol. The van der Waals surface area contributed by atoms with Crippen LogP contribution in [0.3, 0.4) is 0 Å². The van der Waals surface area contributed by atoms with E-state index in [-0.39, 0.29) is 11.8 Å². The Kier molecular flexibility index (Phi) is 5.88. The van der Waals surface area contributed by atoms with Crippen molar-refractivity contribution in [3.63, 3.8) is 0 Å². The van der Waals surface area contributed by atoms with Gasteiger partial charge in [0.2, 0.25) is 0 Å². The molecule has 0 unspecified atom stereocenters. The van der Waals surface area contributed by atoms with Crippen molar-refractivity contribution >= 4 is 40.3 Å². The number of carbonyl (C=O) groups is 1. The molecule has 5 rings (SSSR count). The van der Waals surface area contributed by atoms with Crippen molar-refractivity contribution in [2.24, 2.45) is 0 Å². The van der Waals surface area contributed by atoms with Crippen LogP contribution < -0.4 is 15.2 Å². The lowest BCUT2D eigenvalue weighted by Crippen LogP contribution is -2.47.